The van der Waals surface area contributed by atoms with Crippen molar-refractivity contribution >= 4 is 22.4 Å². The van der Waals surface area contributed by atoms with Crippen LogP contribution in [0, 0.1) is 11.7 Å². The van der Waals surface area contributed by atoms with E-state index in [1.54, 1.807) is 0 Å². The molecule has 0 spiro atoms. The average molecular weight is 328 g/mol. The Morgan fingerprint density at radius 1 is 1.29 bits per heavy atom. The number of carbonyl (C=O) groups is 1. The van der Waals surface area contributed by atoms with Gasteiger partial charge in [0.2, 0.25) is 5.91 Å². The first-order chi connectivity index (χ1) is 11.7. The highest BCUT2D eigenvalue weighted by molar-refractivity contribution is 5.93. The first-order valence-corrected chi connectivity index (χ1v) is 8.55. The first kappa shape index (κ1) is 15.4. The van der Waals surface area contributed by atoms with E-state index in [9.17, 15) is 9.18 Å². The highest BCUT2D eigenvalue weighted by Gasteiger charge is 2.27. The van der Waals surface area contributed by atoms with Gasteiger partial charge in [0.15, 0.2) is 0 Å². The highest BCUT2D eigenvalue weighted by Crippen LogP contribution is 2.30. The molecule has 2 aromatic rings. The fourth-order valence-corrected chi connectivity index (χ4v) is 3.68. The molecule has 1 aromatic heterocycles. The molecule has 0 atom stereocenters. The summed E-state index contributed by atoms with van der Waals surface area (Å²) < 4.78 is 18.7. The van der Waals surface area contributed by atoms with Gasteiger partial charge in [-0.05, 0) is 43.0 Å². The minimum absolute atomic E-state index is 0.116. The largest absolute Gasteiger partial charge is 0.381 e. The molecule has 0 radical (unpaired) electrons. The molecule has 1 amide bonds. The summed E-state index contributed by atoms with van der Waals surface area (Å²) in [5.74, 6) is 0.140. The van der Waals surface area contributed by atoms with Crippen LogP contribution < -0.4 is 0 Å². The lowest BCUT2D eigenvalue weighted by Crippen LogP contribution is -2.40. The third kappa shape index (κ3) is 2.84. The van der Waals surface area contributed by atoms with Crippen LogP contribution in [0.25, 0.3) is 16.5 Å². The zero-order valence-electron chi connectivity index (χ0n) is 13.6. The zero-order chi connectivity index (χ0) is 16.5. The Morgan fingerprint density at radius 3 is 2.88 bits per heavy atom. The number of aromatic nitrogens is 1. The Labute approximate surface area is 140 Å². The van der Waals surface area contributed by atoms with Crippen molar-refractivity contribution in [2.75, 3.05) is 26.3 Å². The van der Waals surface area contributed by atoms with Gasteiger partial charge in [0.05, 0.1) is 0 Å². The Bertz CT molecular complexity index is 790. The molecule has 0 unspecified atom stereocenters. The van der Waals surface area contributed by atoms with Crippen LogP contribution >= 0.6 is 0 Å². The molecular formula is C19H21FN2O2. The van der Waals surface area contributed by atoms with Crippen molar-refractivity contribution in [2.45, 2.75) is 19.3 Å². The molecule has 126 valence electrons. The minimum atomic E-state index is -0.234. The second-order valence-corrected chi connectivity index (χ2v) is 6.54. The van der Waals surface area contributed by atoms with E-state index in [0.717, 1.165) is 42.3 Å². The Kier molecular flexibility index (Phi) is 4.10. The third-order valence-electron chi connectivity index (χ3n) is 5.08. The van der Waals surface area contributed by atoms with Gasteiger partial charge in [-0.1, -0.05) is 6.08 Å². The average Bonchev–Trinajstić information content (AvgIpc) is 3.05. The van der Waals surface area contributed by atoms with Gasteiger partial charge in [0, 0.05) is 54.9 Å². The molecule has 24 heavy (non-hydrogen) atoms. The van der Waals surface area contributed by atoms with Crippen LogP contribution in [0.1, 0.15) is 24.8 Å². The number of nitrogens with zero attached hydrogens (tertiary/aromatic N) is 1. The Hall–Kier alpha value is -2.14. The molecule has 0 bridgehead atoms. The maximum Gasteiger partial charge on any atom is 0.226 e. The van der Waals surface area contributed by atoms with Crippen molar-refractivity contribution < 1.29 is 13.9 Å². The summed E-state index contributed by atoms with van der Waals surface area (Å²) >= 11 is 0. The van der Waals surface area contributed by atoms with Crippen LogP contribution in [0.4, 0.5) is 4.39 Å². The number of halogens is 1. The van der Waals surface area contributed by atoms with Gasteiger partial charge in [-0.25, -0.2) is 4.39 Å². The van der Waals surface area contributed by atoms with Gasteiger partial charge in [0.25, 0.3) is 0 Å². The fourth-order valence-electron chi connectivity index (χ4n) is 3.68. The minimum Gasteiger partial charge on any atom is -0.381 e. The zero-order valence-corrected chi connectivity index (χ0v) is 13.6. The summed E-state index contributed by atoms with van der Waals surface area (Å²) in [7, 11) is 0. The third-order valence-corrected chi connectivity index (χ3v) is 5.08. The number of carbonyl (C=O) groups excluding carboxylic acids is 1. The second-order valence-electron chi connectivity index (χ2n) is 6.54. The van der Waals surface area contributed by atoms with Crippen LogP contribution in [0.15, 0.2) is 30.5 Å². The topological polar surface area (TPSA) is 45.3 Å². The van der Waals surface area contributed by atoms with Crippen LogP contribution in [-0.4, -0.2) is 42.1 Å². The number of benzene rings is 1. The molecule has 4 nitrogen and oxygen atoms in total. The van der Waals surface area contributed by atoms with Gasteiger partial charge in [-0.2, -0.15) is 0 Å². The molecular weight excluding hydrogens is 307 g/mol. The summed E-state index contributed by atoms with van der Waals surface area (Å²) in [5.41, 5.74) is 3.15. The second kappa shape index (κ2) is 6.40. The number of ether oxygens (including phenoxy) is 1. The number of fused-ring (bicyclic) bond motifs is 1. The summed E-state index contributed by atoms with van der Waals surface area (Å²) in [6.07, 6.45) is 6.57. The normalized spacial score (nSPS) is 19.5. The summed E-state index contributed by atoms with van der Waals surface area (Å²) in [5, 5.41) is 1.03. The maximum atomic E-state index is 13.3. The van der Waals surface area contributed by atoms with Crippen LogP contribution in [0.2, 0.25) is 0 Å². The molecule has 1 N–H and O–H groups in total. The molecule has 1 saturated heterocycles. The lowest BCUT2D eigenvalue weighted by molar-refractivity contribution is -0.138. The number of nitrogens with one attached hydrogen (secondary N) is 1. The first-order valence-electron chi connectivity index (χ1n) is 8.55. The lowest BCUT2D eigenvalue weighted by Gasteiger charge is -2.31. The van der Waals surface area contributed by atoms with E-state index >= 15 is 0 Å². The van der Waals surface area contributed by atoms with Crippen molar-refractivity contribution in [1.29, 1.82) is 0 Å². The van der Waals surface area contributed by atoms with Gasteiger partial charge < -0.3 is 14.6 Å². The number of hydrogen-bond acceptors (Lipinski definition) is 2. The summed E-state index contributed by atoms with van der Waals surface area (Å²) in [6, 6.07) is 4.82. The number of hydrogen-bond donors (Lipinski definition) is 1. The predicted octanol–water partition coefficient (Wildman–Crippen LogP) is 3.35. The van der Waals surface area contributed by atoms with Crippen molar-refractivity contribution in [2.24, 2.45) is 5.92 Å². The number of aromatic amines is 1. The van der Waals surface area contributed by atoms with Gasteiger partial charge in [0.1, 0.15) is 5.82 Å². The van der Waals surface area contributed by atoms with E-state index in [-0.39, 0.29) is 17.6 Å². The number of rotatable bonds is 2. The van der Waals surface area contributed by atoms with Crippen molar-refractivity contribution in [3.05, 3.63) is 41.9 Å². The van der Waals surface area contributed by atoms with E-state index in [1.165, 1.54) is 17.7 Å². The molecule has 1 aromatic carbocycles. The quantitative estimate of drug-likeness (QED) is 0.919. The van der Waals surface area contributed by atoms with Crippen molar-refractivity contribution in [3.8, 4) is 0 Å². The molecule has 2 aliphatic rings. The van der Waals surface area contributed by atoms with Crippen molar-refractivity contribution in [1.82, 2.24) is 9.88 Å². The molecule has 1 fully saturated rings. The molecule has 5 heteroatoms. The fraction of sp³-hybridized carbons (Fsp3) is 0.421. The van der Waals surface area contributed by atoms with Crippen LogP contribution in [-0.2, 0) is 9.53 Å². The maximum absolute atomic E-state index is 13.3. The Morgan fingerprint density at radius 2 is 2.12 bits per heavy atom. The Balaban J connectivity index is 1.50. The summed E-state index contributed by atoms with van der Waals surface area (Å²) in [6.45, 7) is 2.78. The highest BCUT2D eigenvalue weighted by atomic mass is 19.1. The molecule has 4 rings (SSSR count). The van der Waals surface area contributed by atoms with E-state index < -0.39 is 0 Å². The standard InChI is InChI=1S/C19H21FN2O2/c20-15-1-2-16-17(12-21-18(16)11-15)13-3-7-22(8-4-13)19(23)14-5-9-24-10-6-14/h1-3,11-12,14,21H,4-10H2. The van der Waals surface area contributed by atoms with Crippen LogP contribution in [0.5, 0.6) is 0 Å². The van der Waals surface area contributed by atoms with E-state index in [1.807, 2.05) is 17.2 Å². The molecule has 0 saturated carbocycles. The van der Waals surface area contributed by atoms with Crippen molar-refractivity contribution in [3.63, 3.8) is 0 Å². The van der Waals surface area contributed by atoms with Gasteiger partial charge >= 0.3 is 0 Å². The smallest absolute Gasteiger partial charge is 0.226 e. The summed E-state index contributed by atoms with van der Waals surface area (Å²) in [4.78, 5) is 17.7. The monoisotopic (exact) mass is 328 g/mol. The molecule has 2 aliphatic heterocycles. The van der Waals surface area contributed by atoms with Crippen LogP contribution in [0.3, 0.4) is 0 Å². The molecule has 3 heterocycles. The number of amides is 1. The van der Waals surface area contributed by atoms with E-state index in [2.05, 4.69) is 11.1 Å². The predicted molar refractivity (Wildman–Crippen MR) is 91.0 cm³/mol. The van der Waals surface area contributed by atoms with Gasteiger partial charge in [-0.15, -0.1) is 0 Å². The van der Waals surface area contributed by atoms with E-state index in [0.29, 0.717) is 19.8 Å². The SMILES string of the molecule is O=C(C1CCOCC1)N1CC=C(c2c[nH]c3cc(F)ccc23)CC1. The number of H-pyrrole nitrogens is 1. The van der Waals surface area contributed by atoms with Gasteiger partial charge in [-0.3, -0.25) is 4.79 Å². The molecule has 0 aliphatic carbocycles. The lowest BCUT2D eigenvalue weighted by atomic mass is 9.95. The van der Waals surface area contributed by atoms with E-state index in [4.69, 9.17) is 4.74 Å².